The van der Waals surface area contributed by atoms with E-state index in [0.29, 0.717) is 32.1 Å². The summed E-state index contributed by atoms with van der Waals surface area (Å²) in [7, 11) is 0. The first kappa shape index (κ1) is 25.2. The number of thiophene rings is 1. The van der Waals surface area contributed by atoms with Crippen LogP contribution in [0.2, 0.25) is 0 Å². The number of piperazine rings is 1. The van der Waals surface area contributed by atoms with Gasteiger partial charge in [-0.05, 0) is 19.1 Å². The number of carbonyl (C=O) groups excluding carboxylic acids is 2. The standard InChI is InChI=1S/C27H30N8O4S/c1-16-22(26(36)39-16)30-27(37)35-7-5-33(6-8-35)15-17-13-21-23(40-17)25(34-9-11-38-12-10-34)31-24(29-21)18-3-2-4-20-19(18)14-28-32-20/h2-4,13-14,16,22H,5-12,15H2,1H3,(H,28,32)(H,30,37)/t16-,22+/m1/s1. The van der Waals surface area contributed by atoms with Crippen molar-refractivity contribution in [1.29, 1.82) is 0 Å². The van der Waals surface area contributed by atoms with Gasteiger partial charge >= 0.3 is 12.0 Å². The Morgan fingerprint density at radius 1 is 1.15 bits per heavy atom. The Morgan fingerprint density at radius 3 is 2.75 bits per heavy atom. The fraction of sp³-hybridized carbons (Fsp3) is 0.444. The number of hydrogen-bond donors (Lipinski definition) is 2. The molecule has 40 heavy (non-hydrogen) atoms. The second-order valence-electron chi connectivity index (χ2n) is 10.4. The molecular weight excluding hydrogens is 532 g/mol. The zero-order valence-corrected chi connectivity index (χ0v) is 22.9. The van der Waals surface area contributed by atoms with Crippen LogP contribution in [-0.4, -0.2) is 107 Å². The van der Waals surface area contributed by atoms with Crippen LogP contribution in [-0.2, 0) is 20.8 Å². The number of fused-ring (bicyclic) bond motifs is 2. The Kier molecular flexibility index (Phi) is 6.48. The quantitative estimate of drug-likeness (QED) is 0.352. The number of cyclic esters (lactones) is 1. The van der Waals surface area contributed by atoms with Crippen LogP contribution in [0.1, 0.15) is 11.8 Å². The van der Waals surface area contributed by atoms with Crippen LogP contribution in [0.3, 0.4) is 0 Å². The minimum atomic E-state index is -0.545. The molecule has 2 N–H and O–H groups in total. The fourth-order valence-corrected chi connectivity index (χ4v) is 6.64. The number of ether oxygens (including phenoxy) is 2. The minimum Gasteiger partial charge on any atom is -0.458 e. The van der Waals surface area contributed by atoms with E-state index < -0.39 is 6.04 Å². The van der Waals surface area contributed by atoms with Crippen molar-refractivity contribution in [3.8, 4) is 11.4 Å². The Balaban J connectivity index is 1.11. The Morgan fingerprint density at radius 2 is 1.98 bits per heavy atom. The van der Waals surface area contributed by atoms with E-state index in [-0.39, 0.29) is 18.1 Å². The number of esters is 1. The highest BCUT2D eigenvalue weighted by Crippen LogP contribution is 2.36. The number of rotatable bonds is 5. The minimum absolute atomic E-state index is 0.208. The van der Waals surface area contributed by atoms with Gasteiger partial charge in [0, 0.05) is 61.6 Å². The molecule has 6 heterocycles. The van der Waals surface area contributed by atoms with Gasteiger partial charge in [0.25, 0.3) is 0 Å². The van der Waals surface area contributed by atoms with Crippen LogP contribution < -0.4 is 10.2 Å². The van der Waals surface area contributed by atoms with Crippen molar-refractivity contribution >= 4 is 50.3 Å². The van der Waals surface area contributed by atoms with E-state index in [4.69, 9.17) is 19.4 Å². The van der Waals surface area contributed by atoms with E-state index in [2.05, 4.69) is 31.4 Å². The summed E-state index contributed by atoms with van der Waals surface area (Å²) in [4.78, 5) is 41.9. The summed E-state index contributed by atoms with van der Waals surface area (Å²) in [5.41, 5.74) is 2.84. The number of nitrogens with zero attached hydrogens (tertiary/aromatic N) is 6. The van der Waals surface area contributed by atoms with E-state index in [9.17, 15) is 9.59 Å². The number of nitrogens with one attached hydrogen (secondary N) is 2. The molecule has 3 aromatic heterocycles. The largest absolute Gasteiger partial charge is 0.458 e. The van der Waals surface area contributed by atoms with E-state index in [1.165, 1.54) is 4.88 Å². The predicted molar refractivity (Wildman–Crippen MR) is 150 cm³/mol. The average Bonchev–Trinajstić information content (AvgIpc) is 3.63. The van der Waals surface area contributed by atoms with Crippen molar-refractivity contribution in [2.45, 2.75) is 25.6 Å². The molecule has 0 radical (unpaired) electrons. The normalized spacial score (nSPS) is 22.0. The lowest BCUT2D eigenvalue weighted by Gasteiger charge is -2.37. The number of amides is 2. The third-order valence-corrected chi connectivity index (χ3v) is 8.89. The number of morpholine rings is 1. The van der Waals surface area contributed by atoms with Crippen molar-refractivity contribution in [1.82, 2.24) is 35.3 Å². The molecule has 13 heteroatoms. The topological polar surface area (TPSA) is 129 Å². The van der Waals surface area contributed by atoms with E-state index in [0.717, 1.165) is 65.2 Å². The molecule has 3 saturated heterocycles. The molecule has 3 fully saturated rings. The van der Waals surface area contributed by atoms with Gasteiger partial charge in [-0.3, -0.25) is 10.00 Å². The molecule has 1 aromatic carbocycles. The van der Waals surface area contributed by atoms with Crippen molar-refractivity contribution in [2.75, 3.05) is 57.4 Å². The van der Waals surface area contributed by atoms with E-state index in [1.54, 1.807) is 23.2 Å². The van der Waals surface area contributed by atoms with Gasteiger partial charge in [-0.2, -0.15) is 5.10 Å². The van der Waals surface area contributed by atoms with Gasteiger partial charge in [-0.25, -0.2) is 19.6 Å². The monoisotopic (exact) mass is 562 g/mol. The van der Waals surface area contributed by atoms with Gasteiger partial charge in [-0.1, -0.05) is 12.1 Å². The molecule has 0 saturated carbocycles. The smallest absolute Gasteiger partial charge is 0.332 e. The molecule has 0 spiro atoms. The summed E-state index contributed by atoms with van der Waals surface area (Å²) in [6.07, 6.45) is 1.55. The maximum atomic E-state index is 12.6. The highest BCUT2D eigenvalue weighted by atomic mass is 32.1. The second kappa shape index (κ2) is 10.3. The van der Waals surface area contributed by atoms with Gasteiger partial charge in [0.05, 0.1) is 35.1 Å². The molecule has 0 unspecified atom stereocenters. The molecular formula is C27H30N8O4S. The molecule has 7 rings (SSSR count). The molecule has 4 aromatic rings. The van der Waals surface area contributed by atoms with Crippen LogP contribution in [0.5, 0.6) is 0 Å². The first-order chi connectivity index (χ1) is 19.5. The summed E-state index contributed by atoms with van der Waals surface area (Å²) in [5.74, 6) is 1.27. The molecule has 0 bridgehead atoms. The number of urea groups is 1. The number of carbonyl (C=O) groups is 2. The molecule has 0 aliphatic carbocycles. The maximum Gasteiger partial charge on any atom is 0.332 e. The number of hydrogen-bond acceptors (Lipinski definition) is 10. The molecule has 12 nitrogen and oxygen atoms in total. The van der Waals surface area contributed by atoms with Gasteiger partial charge in [-0.15, -0.1) is 11.3 Å². The highest BCUT2D eigenvalue weighted by Gasteiger charge is 2.41. The second-order valence-corrected chi connectivity index (χ2v) is 11.5. The SMILES string of the molecule is C[C@H]1OC(=O)[C@H]1NC(=O)N1CCN(Cc2cc3nc(-c4cccc5[nH]ncc45)nc(N4CCOCC4)c3s2)CC1. The van der Waals surface area contributed by atoms with Crippen molar-refractivity contribution < 1.29 is 19.1 Å². The summed E-state index contributed by atoms with van der Waals surface area (Å²) in [6.45, 7) is 8.19. The van der Waals surface area contributed by atoms with Gasteiger partial charge in [0.1, 0.15) is 6.10 Å². The molecule has 208 valence electrons. The first-order valence-electron chi connectivity index (χ1n) is 13.6. The van der Waals surface area contributed by atoms with Crippen LogP contribution in [0.25, 0.3) is 32.5 Å². The Hall–Kier alpha value is -3.81. The number of benzene rings is 1. The lowest BCUT2D eigenvalue weighted by atomic mass is 10.1. The van der Waals surface area contributed by atoms with Crippen molar-refractivity contribution in [2.24, 2.45) is 0 Å². The van der Waals surface area contributed by atoms with Crippen LogP contribution in [0.15, 0.2) is 30.5 Å². The fourth-order valence-electron chi connectivity index (χ4n) is 5.49. The summed E-state index contributed by atoms with van der Waals surface area (Å²) >= 11 is 1.73. The Bertz CT molecular complexity index is 1570. The van der Waals surface area contributed by atoms with Crippen LogP contribution in [0, 0.1) is 0 Å². The molecule has 3 aliphatic rings. The Labute approximate surface area is 234 Å². The summed E-state index contributed by atoms with van der Waals surface area (Å²) in [6, 6.07) is 7.46. The maximum absolute atomic E-state index is 12.6. The predicted octanol–water partition coefficient (Wildman–Crippen LogP) is 2.21. The molecule has 3 aliphatic heterocycles. The van der Waals surface area contributed by atoms with E-state index >= 15 is 0 Å². The zero-order valence-electron chi connectivity index (χ0n) is 22.1. The van der Waals surface area contributed by atoms with Crippen molar-refractivity contribution in [3.63, 3.8) is 0 Å². The third kappa shape index (κ3) is 4.63. The highest BCUT2D eigenvalue weighted by molar-refractivity contribution is 7.19. The first-order valence-corrected chi connectivity index (χ1v) is 14.4. The van der Waals surface area contributed by atoms with E-state index in [1.807, 2.05) is 24.4 Å². The average molecular weight is 563 g/mol. The summed E-state index contributed by atoms with van der Waals surface area (Å²) in [5, 5.41) is 11.0. The number of aromatic nitrogens is 4. The number of aromatic amines is 1. The van der Waals surface area contributed by atoms with Crippen LogP contribution in [0.4, 0.5) is 10.6 Å². The van der Waals surface area contributed by atoms with Crippen molar-refractivity contribution in [3.05, 3.63) is 35.3 Å². The van der Waals surface area contributed by atoms with Gasteiger partial charge in [0.15, 0.2) is 17.7 Å². The lowest BCUT2D eigenvalue weighted by molar-refractivity contribution is -0.173. The third-order valence-electron chi connectivity index (χ3n) is 7.78. The summed E-state index contributed by atoms with van der Waals surface area (Å²) < 4.78 is 11.6. The number of anilines is 1. The van der Waals surface area contributed by atoms with Crippen LogP contribution >= 0.6 is 11.3 Å². The lowest BCUT2D eigenvalue weighted by Crippen LogP contribution is -2.62. The zero-order chi connectivity index (χ0) is 27.2. The van der Waals surface area contributed by atoms with Gasteiger partial charge in [0.2, 0.25) is 0 Å². The molecule has 2 amide bonds. The molecule has 2 atom stereocenters. The van der Waals surface area contributed by atoms with Gasteiger partial charge < -0.3 is 24.6 Å². The number of H-pyrrole nitrogens is 1.